The lowest BCUT2D eigenvalue weighted by Crippen LogP contribution is -2.35. The summed E-state index contributed by atoms with van der Waals surface area (Å²) in [6.45, 7) is 0. The van der Waals surface area contributed by atoms with E-state index < -0.39 is 0 Å². The standard InChI is InChI=1S/C13H17N3O2/c1-14-12(17)15-10-5-6-11(16(15)13(14)18)9-4-2-3-8(10)7-9/h5-6,8-11H,2-4,7H2,1H3/t8-,9-,10+,11+/m1/s1. The Morgan fingerprint density at radius 2 is 1.50 bits per heavy atom. The van der Waals surface area contributed by atoms with Crippen LogP contribution in [0.15, 0.2) is 21.7 Å². The van der Waals surface area contributed by atoms with E-state index in [0.29, 0.717) is 11.8 Å². The molecular formula is C13H17N3O2. The second-order valence-electron chi connectivity index (χ2n) is 5.87. The van der Waals surface area contributed by atoms with E-state index in [1.54, 1.807) is 16.4 Å². The molecule has 0 spiro atoms. The molecule has 5 rings (SSSR count). The average molecular weight is 247 g/mol. The predicted molar refractivity (Wildman–Crippen MR) is 66.6 cm³/mol. The third kappa shape index (κ3) is 1.07. The highest BCUT2D eigenvalue weighted by atomic mass is 16.2. The zero-order valence-corrected chi connectivity index (χ0v) is 10.5. The molecule has 4 aliphatic rings. The minimum Gasteiger partial charge on any atom is -0.246 e. The van der Waals surface area contributed by atoms with Crippen molar-refractivity contribution in [3.8, 4) is 0 Å². The van der Waals surface area contributed by atoms with E-state index in [1.165, 1.54) is 23.8 Å². The van der Waals surface area contributed by atoms with Crippen LogP contribution >= 0.6 is 0 Å². The summed E-state index contributed by atoms with van der Waals surface area (Å²) in [7, 11) is 1.58. The Labute approximate surface area is 104 Å². The molecule has 1 aromatic heterocycles. The molecule has 0 N–H and O–H groups in total. The van der Waals surface area contributed by atoms with E-state index in [9.17, 15) is 9.59 Å². The van der Waals surface area contributed by atoms with Crippen molar-refractivity contribution < 1.29 is 0 Å². The van der Waals surface area contributed by atoms with Gasteiger partial charge in [-0.15, -0.1) is 0 Å². The van der Waals surface area contributed by atoms with Crippen LogP contribution in [0.3, 0.4) is 0 Å². The van der Waals surface area contributed by atoms with Gasteiger partial charge >= 0.3 is 11.4 Å². The smallest absolute Gasteiger partial charge is 0.246 e. The van der Waals surface area contributed by atoms with Crippen LogP contribution < -0.4 is 11.4 Å². The third-order valence-electron chi connectivity index (χ3n) is 4.99. The summed E-state index contributed by atoms with van der Waals surface area (Å²) in [5.74, 6) is 1.05. The second kappa shape index (κ2) is 3.28. The van der Waals surface area contributed by atoms with Gasteiger partial charge in [0.1, 0.15) is 0 Å². The lowest BCUT2D eigenvalue weighted by molar-refractivity contribution is 0.237. The Balaban J connectivity index is 2.05. The van der Waals surface area contributed by atoms with Gasteiger partial charge in [-0.05, 0) is 31.1 Å². The number of allylic oxidation sites excluding steroid dienone is 2. The van der Waals surface area contributed by atoms with E-state index in [4.69, 9.17) is 0 Å². The molecule has 18 heavy (non-hydrogen) atoms. The number of hydrogen-bond donors (Lipinski definition) is 0. The molecule has 1 fully saturated rings. The molecule has 3 heterocycles. The van der Waals surface area contributed by atoms with Crippen molar-refractivity contribution in [1.82, 2.24) is 13.9 Å². The summed E-state index contributed by atoms with van der Waals surface area (Å²) in [5.41, 5.74) is -0.321. The maximum absolute atomic E-state index is 12.2. The summed E-state index contributed by atoms with van der Waals surface area (Å²) in [4.78, 5) is 24.5. The topological polar surface area (TPSA) is 48.9 Å². The molecule has 2 aliphatic heterocycles. The highest BCUT2D eigenvalue weighted by Crippen LogP contribution is 2.46. The zero-order valence-electron chi connectivity index (χ0n) is 10.5. The first-order chi connectivity index (χ1) is 8.68. The lowest BCUT2D eigenvalue weighted by Gasteiger charge is -2.28. The largest absolute Gasteiger partial charge is 0.347 e. The third-order valence-corrected chi connectivity index (χ3v) is 4.99. The van der Waals surface area contributed by atoms with E-state index in [2.05, 4.69) is 12.2 Å². The van der Waals surface area contributed by atoms with Crippen molar-refractivity contribution >= 4 is 0 Å². The Bertz CT molecular complexity index is 597. The van der Waals surface area contributed by atoms with E-state index >= 15 is 0 Å². The van der Waals surface area contributed by atoms with Gasteiger partial charge in [0.05, 0.1) is 12.1 Å². The van der Waals surface area contributed by atoms with E-state index in [-0.39, 0.29) is 23.5 Å². The van der Waals surface area contributed by atoms with Crippen molar-refractivity contribution in [1.29, 1.82) is 0 Å². The number of hydrogen-bond acceptors (Lipinski definition) is 2. The van der Waals surface area contributed by atoms with Gasteiger partial charge in [0.15, 0.2) is 0 Å². The van der Waals surface area contributed by atoms with Gasteiger partial charge in [0, 0.05) is 7.05 Å². The molecule has 0 amide bonds. The number of rotatable bonds is 0. The second-order valence-corrected chi connectivity index (χ2v) is 5.87. The lowest BCUT2D eigenvalue weighted by atomic mass is 9.78. The Morgan fingerprint density at radius 1 is 1.00 bits per heavy atom. The van der Waals surface area contributed by atoms with Crippen LogP contribution in [0.5, 0.6) is 0 Å². The van der Waals surface area contributed by atoms with Crippen molar-refractivity contribution in [2.24, 2.45) is 18.9 Å². The summed E-state index contributed by atoms with van der Waals surface area (Å²) in [6, 6.07) is 0.181. The van der Waals surface area contributed by atoms with Crippen LogP contribution in [0.25, 0.3) is 0 Å². The summed E-state index contributed by atoms with van der Waals surface area (Å²) in [5, 5.41) is 0. The van der Waals surface area contributed by atoms with Crippen molar-refractivity contribution in [3.05, 3.63) is 33.1 Å². The number of aromatic nitrogens is 3. The first kappa shape index (κ1) is 10.4. The average Bonchev–Trinajstić information content (AvgIpc) is 2.53. The molecule has 96 valence electrons. The molecule has 0 radical (unpaired) electrons. The van der Waals surface area contributed by atoms with Crippen LogP contribution in [-0.4, -0.2) is 13.9 Å². The van der Waals surface area contributed by atoms with Crippen LogP contribution in [0.2, 0.25) is 0 Å². The number of nitrogens with zero attached hydrogens (tertiary/aromatic N) is 3. The van der Waals surface area contributed by atoms with Gasteiger partial charge in [-0.3, -0.25) is 0 Å². The first-order valence-corrected chi connectivity index (χ1v) is 6.77. The monoisotopic (exact) mass is 247 g/mol. The molecule has 1 saturated carbocycles. The quantitative estimate of drug-likeness (QED) is 0.637. The molecule has 0 aromatic carbocycles. The van der Waals surface area contributed by atoms with Gasteiger partial charge in [-0.25, -0.2) is 23.5 Å². The zero-order chi connectivity index (χ0) is 12.4. The van der Waals surface area contributed by atoms with Crippen molar-refractivity contribution in [2.45, 2.75) is 37.8 Å². The van der Waals surface area contributed by atoms with Crippen molar-refractivity contribution in [2.75, 3.05) is 0 Å². The molecule has 5 nitrogen and oxygen atoms in total. The minimum atomic E-state index is -0.160. The molecule has 4 atom stereocenters. The van der Waals surface area contributed by atoms with Crippen LogP contribution in [0, 0.1) is 11.8 Å². The molecule has 1 aromatic rings. The van der Waals surface area contributed by atoms with E-state index in [0.717, 1.165) is 6.42 Å². The normalized spacial score (nSPS) is 36.5. The molecule has 0 saturated heterocycles. The van der Waals surface area contributed by atoms with Gasteiger partial charge < -0.3 is 0 Å². The van der Waals surface area contributed by atoms with Gasteiger partial charge in [0.2, 0.25) is 0 Å². The SMILES string of the molecule is Cn1c(=O)n2n(c1=O)[C@H]1C=C[C@H]2[C@@H]2CCC[C@@H]1C2. The Hall–Kier alpha value is -1.52. The fourth-order valence-corrected chi connectivity index (χ4v) is 4.11. The summed E-state index contributed by atoms with van der Waals surface area (Å²) >= 11 is 0. The van der Waals surface area contributed by atoms with Crippen molar-refractivity contribution in [3.63, 3.8) is 0 Å². The van der Waals surface area contributed by atoms with Crippen LogP contribution in [-0.2, 0) is 7.05 Å². The van der Waals surface area contributed by atoms with Gasteiger partial charge in [-0.2, -0.15) is 0 Å². The fraction of sp³-hybridized carbons (Fsp3) is 0.692. The summed E-state index contributed by atoms with van der Waals surface area (Å²) < 4.78 is 4.67. The van der Waals surface area contributed by atoms with Gasteiger partial charge in [0.25, 0.3) is 0 Å². The highest BCUT2D eigenvalue weighted by Gasteiger charge is 2.42. The molecule has 5 heteroatoms. The Kier molecular flexibility index (Phi) is 1.89. The minimum absolute atomic E-state index is 0.0907. The van der Waals surface area contributed by atoms with Crippen LogP contribution in [0.1, 0.15) is 37.8 Å². The first-order valence-electron chi connectivity index (χ1n) is 6.77. The Morgan fingerprint density at radius 3 is 2.00 bits per heavy atom. The van der Waals surface area contributed by atoms with E-state index in [1.807, 2.05) is 0 Å². The molecule has 0 unspecified atom stereocenters. The maximum Gasteiger partial charge on any atom is 0.347 e. The van der Waals surface area contributed by atoms with Crippen LogP contribution in [0.4, 0.5) is 0 Å². The maximum atomic E-state index is 12.2. The molecule has 2 aliphatic carbocycles. The molecule has 4 bridgehead atoms. The van der Waals surface area contributed by atoms with Gasteiger partial charge in [-0.1, -0.05) is 18.6 Å². The highest BCUT2D eigenvalue weighted by molar-refractivity contribution is 5.12. The molecular weight excluding hydrogens is 230 g/mol. The summed E-state index contributed by atoms with van der Waals surface area (Å²) in [6.07, 6.45) is 9.04. The fourth-order valence-electron chi connectivity index (χ4n) is 4.11. The predicted octanol–water partition coefficient (Wildman–Crippen LogP) is 0.820.